The van der Waals surface area contributed by atoms with Gasteiger partial charge in [-0.1, -0.05) is 37.0 Å². The number of benzene rings is 1. The summed E-state index contributed by atoms with van der Waals surface area (Å²) >= 11 is 12.7. The molecule has 4 N–H and O–H groups in total. The van der Waals surface area contributed by atoms with Crippen LogP contribution in [0.4, 0.5) is 0 Å². The van der Waals surface area contributed by atoms with Crippen molar-refractivity contribution in [3.05, 3.63) is 76.9 Å². The van der Waals surface area contributed by atoms with E-state index in [0.29, 0.717) is 11.3 Å². The normalized spacial score (nSPS) is 11.1. The van der Waals surface area contributed by atoms with Crippen LogP contribution < -0.4 is 27.3 Å². The fraction of sp³-hybridized carbons (Fsp3) is 0.263. The summed E-state index contributed by atoms with van der Waals surface area (Å²) in [6.45, 7) is 3.97. The minimum atomic E-state index is -0.746. The van der Waals surface area contributed by atoms with Crippen molar-refractivity contribution in [1.29, 1.82) is 0 Å². The summed E-state index contributed by atoms with van der Waals surface area (Å²) in [7, 11) is 0. The zero-order chi connectivity index (χ0) is 22.0. The van der Waals surface area contributed by atoms with Gasteiger partial charge in [-0.15, -0.1) is 0 Å². The van der Waals surface area contributed by atoms with Crippen molar-refractivity contribution in [3.63, 3.8) is 0 Å². The van der Waals surface area contributed by atoms with Gasteiger partial charge in [-0.25, -0.2) is 4.79 Å². The predicted octanol–water partition coefficient (Wildman–Crippen LogP) is 2.33. The third-order valence-corrected chi connectivity index (χ3v) is 4.81. The van der Waals surface area contributed by atoms with E-state index in [1.54, 1.807) is 6.07 Å². The second kappa shape index (κ2) is 8.86. The molecule has 30 heavy (non-hydrogen) atoms. The zero-order valence-corrected chi connectivity index (χ0v) is 17.7. The van der Waals surface area contributed by atoms with Crippen LogP contribution in [0.2, 0.25) is 10.0 Å². The first-order valence-corrected chi connectivity index (χ1v) is 9.79. The maximum absolute atomic E-state index is 12.2. The maximum Gasteiger partial charge on any atom is 0.349 e. The molecule has 0 saturated heterocycles. The molecule has 0 aliphatic heterocycles. The Kier molecular flexibility index (Phi) is 6.45. The molecule has 0 amide bonds. The first-order valence-electron chi connectivity index (χ1n) is 9.03. The van der Waals surface area contributed by atoms with Crippen LogP contribution in [0.5, 0.6) is 11.5 Å². The quantitative estimate of drug-likeness (QED) is 0.525. The summed E-state index contributed by atoms with van der Waals surface area (Å²) < 4.78 is 6.75. The summed E-state index contributed by atoms with van der Waals surface area (Å²) in [5.41, 5.74) is 4.82. The molecule has 0 aliphatic rings. The number of nitrogens with one attached hydrogen (secondary N) is 2. The summed E-state index contributed by atoms with van der Waals surface area (Å²) in [5.74, 6) is 0.481. The van der Waals surface area contributed by atoms with Gasteiger partial charge >= 0.3 is 5.69 Å². The smallest absolute Gasteiger partial charge is 0.349 e. The Bertz CT molecular complexity index is 1240. The lowest BCUT2D eigenvalue weighted by molar-refractivity contribution is 0.478. The Labute approximate surface area is 180 Å². The molecule has 0 saturated carbocycles. The second-order valence-electron chi connectivity index (χ2n) is 6.77. The zero-order valence-electron chi connectivity index (χ0n) is 16.2. The van der Waals surface area contributed by atoms with Gasteiger partial charge in [-0.05, 0) is 30.7 Å². The molecule has 0 fully saturated rings. The lowest BCUT2D eigenvalue weighted by Crippen LogP contribution is -2.34. The molecule has 11 heteroatoms. The highest BCUT2D eigenvalue weighted by atomic mass is 35.5. The van der Waals surface area contributed by atoms with E-state index in [9.17, 15) is 14.4 Å². The Morgan fingerprint density at radius 3 is 2.40 bits per heavy atom. The van der Waals surface area contributed by atoms with Crippen LogP contribution in [0, 0.1) is 0 Å². The average Bonchev–Trinajstić information content (AvgIpc) is 2.67. The van der Waals surface area contributed by atoms with E-state index in [2.05, 4.69) is 15.1 Å². The molecular weight excluding hydrogens is 433 g/mol. The van der Waals surface area contributed by atoms with E-state index in [1.807, 2.05) is 13.8 Å². The number of ether oxygens (including phenoxy) is 1. The Morgan fingerprint density at radius 1 is 1.13 bits per heavy atom. The van der Waals surface area contributed by atoms with Crippen LogP contribution in [0.15, 0.2) is 38.8 Å². The number of pyridine rings is 1. The molecule has 2 heterocycles. The Morgan fingerprint density at radius 2 is 1.80 bits per heavy atom. The molecule has 3 aromatic rings. The van der Waals surface area contributed by atoms with Gasteiger partial charge in [0.15, 0.2) is 5.75 Å². The molecular formula is C19H19Cl2N5O4. The number of aromatic amines is 2. The topological polar surface area (TPSA) is 136 Å². The van der Waals surface area contributed by atoms with Crippen LogP contribution in [0.1, 0.15) is 31.0 Å². The molecule has 0 bridgehead atoms. The van der Waals surface area contributed by atoms with Crippen LogP contribution in [-0.4, -0.2) is 26.3 Å². The monoisotopic (exact) mass is 451 g/mol. The van der Waals surface area contributed by atoms with E-state index < -0.39 is 11.2 Å². The van der Waals surface area contributed by atoms with Crippen LogP contribution in [0.25, 0.3) is 5.69 Å². The van der Waals surface area contributed by atoms with Gasteiger partial charge in [0, 0.05) is 18.2 Å². The Hall–Kier alpha value is -2.88. The molecule has 9 nitrogen and oxygen atoms in total. The van der Waals surface area contributed by atoms with Crippen molar-refractivity contribution < 1.29 is 4.74 Å². The molecule has 0 aliphatic carbocycles. The molecule has 3 rings (SSSR count). The minimum absolute atomic E-state index is 0.00785. The van der Waals surface area contributed by atoms with Gasteiger partial charge in [0.25, 0.3) is 11.1 Å². The second-order valence-corrected chi connectivity index (χ2v) is 7.59. The van der Waals surface area contributed by atoms with Gasteiger partial charge in [0.1, 0.15) is 11.4 Å². The maximum atomic E-state index is 12.2. The highest BCUT2D eigenvalue weighted by Crippen LogP contribution is 2.38. The molecule has 0 atom stereocenters. The van der Waals surface area contributed by atoms with Crippen molar-refractivity contribution >= 4 is 23.2 Å². The molecule has 0 spiro atoms. The lowest BCUT2D eigenvalue weighted by Gasteiger charge is -2.13. The largest absolute Gasteiger partial charge is 0.453 e. The molecule has 0 unspecified atom stereocenters. The SMILES string of the molecule is CC(C)c1cc(Oc2c(Cl)cc(-n3nc(CCN)c(=O)[nH]c3=O)cc2Cl)c[nH]c1=O. The lowest BCUT2D eigenvalue weighted by atomic mass is 10.1. The van der Waals surface area contributed by atoms with Crippen molar-refractivity contribution in [1.82, 2.24) is 19.7 Å². The highest BCUT2D eigenvalue weighted by molar-refractivity contribution is 6.37. The Balaban J connectivity index is 2.02. The predicted molar refractivity (Wildman–Crippen MR) is 114 cm³/mol. The molecule has 158 valence electrons. The number of rotatable bonds is 6. The van der Waals surface area contributed by atoms with E-state index in [4.69, 9.17) is 33.7 Å². The molecule has 0 radical (unpaired) electrons. The highest BCUT2D eigenvalue weighted by Gasteiger charge is 2.16. The van der Waals surface area contributed by atoms with E-state index in [-0.39, 0.29) is 51.6 Å². The van der Waals surface area contributed by atoms with Crippen molar-refractivity contribution in [2.75, 3.05) is 6.54 Å². The average molecular weight is 452 g/mol. The van der Waals surface area contributed by atoms with E-state index in [0.717, 1.165) is 4.68 Å². The van der Waals surface area contributed by atoms with Gasteiger partial charge < -0.3 is 15.5 Å². The fourth-order valence-electron chi connectivity index (χ4n) is 2.76. The van der Waals surface area contributed by atoms with Crippen LogP contribution in [0.3, 0.4) is 0 Å². The third-order valence-electron chi connectivity index (χ3n) is 4.25. The standard InChI is InChI=1S/C19H19Cl2N5O4/c1-9(2)12-7-11(8-23-17(12)27)30-16-13(20)5-10(6-14(16)21)26-19(29)24-18(28)15(25-26)3-4-22/h5-9H,3-4,22H2,1-2H3,(H,23,27)(H,24,28,29). The summed E-state index contributed by atoms with van der Waals surface area (Å²) in [6.07, 6.45) is 1.60. The molecule has 2 aromatic heterocycles. The summed E-state index contributed by atoms with van der Waals surface area (Å²) in [6, 6.07) is 4.46. The van der Waals surface area contributed by atoms with Gasteiger partial charge in [-0.3, -0.25) is 14.6 Å². The van der Waals surface area contributed by atoms with E-state index in [1.165, 1.54) is 18.3 Å². The van der Waals surface area contributed by atoms with Gasteiger partial charge in [-0.2, -0.15) is 9.78 Å². The number of halogens is 2. The van der Waals surface area contributed by atoms with Crippen LogP contribution >= 0.6 is 23.2 Å². The van der Waals surface area contributed by atoms with Crippen LogP contribution in [-0.2, 0) is 6.42 Å². The summed E-state index contributed by atoms with van der Waals surface area (Å²) in [4.78, 5) is 40.7. The number of nitrogens with two attached hydrogens (primary N) is 1. The first kappa shape index (κ1) is 21.8. The fourth-order valence-corrected chi connectivity index (χ4v) is 3.31. The third kappa shape index (κ3) is 4.48. The number of hydrogen-bond donors (Lipinski definition) is 3. The van der Waals surface area contributed by atoms with Crippen molar-refractivity contribution in [3.8, 4) is 17.2 Å². The van der Waals surface area contributed by atoms with E-state index >= 15 is 0 Å². The number of aromatic nitrogens is 4. The summed E-state index contributed by atoms with van der Waals surface area (Å²) in [5, 5.41) is 4.26. The van der Waals surface area contributed by atoms with Gasteiger partial charge in [0.2, 0.25) is 0 Å². The number of H-pyrrole nitrogens is 2. The first-order chi connectivity index (χ1) is 14.2. The van der Waals surface area contributed by atoms with Crippen molar-refractivity contribution in [2.24, 2.45) is 5.73 Å². The van der Waals surface area contributed by atoms with Crippen molar-refractivity contribution in [2.45, 2.75) is 26.2 Å². The number of nitrogens with zero attached hydrogens (tertiary/aromatic N) is 2. The minimum Gasteiger partial charge on any atom is -0.453 e. The number of hydrogen-bond acceptors (Lipinski definition) is 6. The van der Waals surface area contributed by atoms with Gasteiger partial charge in [0.05, 0.1) is 15.7 Å². The molecule has 1 aromatic carbocycles.